The van der Waals surface area contributed by atoms with Crippen molar-refractivity contribution in [3.63, 3.8) is 0 Å². The van der Waals surface area contributed by atoms with E-state index >= 15 is 0 Å². The van der Waals surface area contributed by atoms with Crippen LogP contribution in [0.2, 0.25) is 0 Å². The number of ether oxygens (including phenoxy) is 1. The van der Waals surface area contributed by atoms with Gasteiger partial charge in [0.25, 0.3) is 0 Å². The molecule has 0 aliphatic rings. The van der Waals surface area contributed by atoms with Crippen molar-refractivity contribution in [3.05, 3.63) is 56.4 Å². The van der Waals surface area contributed by atoms with Crippen LogP contribution < -0.4 is 5.32 Å². The van der Waals surface area contributed by atoms with Gasteiger partial charge in [-0.1, -0.05) is 12.1 Å². The molecule has 1 N–H and O–H groups in total. The van der Waals surface area contributed by atoms with E-state index in [-0.39, 0.29) is 0 Å². The van der Waals surface area contributed by atoms with Gasteiger partial charge in [0, 0.05) is 11.4 Å². The Kier molecular flexibility index (Phi) is 5.28. The van der Waals surface area contributed by atoms with Gasteiger partial charge in [0.05, 0.1) is 11.6 Å². The molecule has 1 aromatic carbocycles. The van der Waals surface area contributed by atoms with Crippen LogP contribution in [0.5, 0.6) is 0 Å². The highest BCUT2D eigenvalue weighted by Gasteiger charge is 2.21. The first-order valence-corrected chi connectivity index (χ1v) is 7.57. The van der Waals surface area contributed by atoms with Gasteiger partial charge in [0.15, 0.2) is 0 Å². The molecular weight excluding hydrogens is 345 g/mol. The fourth-order valence-electron chi connectivity index (χ4n) is 1.76. The Morgan fingerprint density at radius 2 is 2.30 bits per heavy atom. The molecule has 1 atom stereocenters. The molecule has 1 heterocycles. The number of carbonyl (C=O) groups is 1. The van der Waals surface area contributed by atoms with E-state index < -0.39 is 17.8 Å². The van der Waals surface area contributed by atoms with E-state index in [0.29, 0.717) is 16.6 Å². The minimum Gasteiger partial charge on any atom is -0.468 e. The second kappa shape index (κ2) is 6.97. The van der Waals surface area contributed by atoms with E-state index in [4.69, 9.17) is 4.74 Å². The molecular formula is C14H13BrFNO2S. The molecule has 106 valence electrons. The molecule has 1 unspecified atom stereocenters. The Hall–Kier alpha value is -1.24. The average Bonchev–Trinajstić information content (AvgIpc) is 2.95. The normalized spacial score (nSPS) is 12.2. The number of rotatable bonds is 5. The van der Waals surface area contributed by atoms with Gasteiger partial charge < -0.3 is 4.74 Å². The van der Waals surface area contributed by atoms with Crippen molar-refractivity contribution < 1.29 is 13.9 Å². The Balaban J connectivity index is 2.18. The van der Waals surface area contributed by atoms with Crippen LogP contribution in [0.1, 0.15) is 16.5 Å². The van der Waals surface area contributed by atoms with E-state index in [1.165, 1.54) is 13.2 Å². The lowest BCUT2D eigenvalue weighted by molar-refractivity contribution is -0.143. The zero-order valence-electron chi connectivity index (χ0n) is 10.7. The molecule has 2 rings (SSSR count). The second-order valence-electron chi connectivity index (χ2n) is 4.09. The van der Waals surface area contributed by atoms with Crippen LogP contribution >= 0.6 is 27.3 Å². The largest absolute Gasteiger partial charge is 0.468 e. The molecule has 1 aromatic heterocycles. The summed E-state index contributed by atoms with van der Waals surface area (Å²) in [5.41, 5.74) is 0.536. The summed E-state index contributed by atoms with van der Waals surface area (Å²) in [7, 11) is 1.32. The lowest BCUT2D eigenvalue weighted by Gasteiger charge is -2.16. The third-order valence-electron chi connectivity index (χ3n) is 2.77. The number of halogens is 2. The monoisotopic (exact) mass is 357 g/mol. The van der Waals surface area contributed by atoms with Crippen molar-refractivity contribution in [1.82, 2.24) is 5.32 Å². The molecule has 2 aromatic rings. The Labute approximate surface area is 128 Å². The first kappa shape index (κ1) is 15.2. The van der Waals surface area contributed by atoms with Crippen LogP contribution in [0.3, 0.4) is 0 Å². The molecule has 20 heavy (non-hydrogen) atoms. The first-order valence-electron chi connectivity index (χ1n) is 5.90. The van der Waals surface area contributed by atoms with Crippen LogP contribution in [0, 0.1) is 5.82 Å². The maximum Gasteiger partial charge on any atom is 0.327 e. The van der Waals surface area contributed by atoms with Gasteiger partial charge in [-0.2, -0.15) is 0 Å². The molecule has 0 spiro atoms. The maximum absolute atomic E-state index is 13.6. The SMILES string of the molecule is COC(=O)C(NCc1cccs1)c1ccc(Br)c(F)c1. The first-order chi connectivity index (χ1) is 9.61. The van der Waals surface area contributed by atoms with Crippen LogP contribution in [0.25, 0.3) is 0 Å². The van der Waals surface area contributed by atoms with Crippen LogP contribution in [0.15, 0.2) is 40.2 Å². The highest BCUT2D eigenvalue weighted by atomic mass is 79.9. The lowest BCUT2D eigenvalue weighted by Crippen LogP contribution is -2.29. The second-order valence-corrected chi connectivity index (χ2v) is 5.98. The van der Waals surface area contributed by atoms with Crippen molar-refractivity contribution in [2.45, 2.75) is 12.6 Å². The van der Waals surface area contributed by atoms with Crippen LogP contribution in [-0.2, 0) is 16.1 Å². The topological polar surface area (TPSA) is 38.3 Å². The number of nitrogens with one attached hydrogen (secondary N) is 1. The zero-order chi connectivity index (χ0) is 14.5. The maximum atomic E-state index is 13.6. The molecule has 0 saturated carbocycles. The van der Waals surface area contributed by atoms with Crippen LogP contribution in [-0.4, -0.2) is 13.1 Å². The molecule has 3 nitrogen and oxygen atoms in total. The third-order valence-corrected chi connectivity index (χ3v) is 4.29. The van der Waals surface area contributed by atoms with E-state index in [2.05, 4.69) is 21.2 Å². The molecule has 0 radical (unpaired) electrons. The van der Waals surface area contributed by atoms with Crippen LogP contribution in [0.4, 0.5) is 4.39 Å². The number of hydrogen-bond donors (Lipinski definition) is 1. The average molecular weight is 358 g/mol. The Morgan fingerprint density at radius 3 is 2.90 bits per heavy atom. The summed E-state index contributed by atoms with van der Waals surface area (Å²) in [5, 5.41) is 5.05. The van der Waals surface area contributed by atoms with Crippen molar-refractivity contribution in [2.24, 2.45) is 0 Å². The fraction of sp³-hybridized carbons (Fsp3) is 0.214. The quantitative estimate of drug-likeness (QED) is 0.830. The van der Waals surface area contributed by atoms with Crippen molar-refractivity contribution >= 4 is 33.2 Å². The highest BCUT2D eigenvalue weighted by molar-refractivity contribution is 9.10. The molecule has 0 aliphatic carbocycles. The third kappa shape index (κ3) is 3.65. The molecule has 6 heteroatoms. The number of hydrogen-bond acceptors (Lipinski definition) is 4. The van der Waals surface area contributed by atoms with E-state index in [1.807, 2.05) is 17.5 Å². The van der Waals surface area contributed by atoms with Gasteiger partial charge in [-0.15, -0.1) is 11.3 Å². The summed E-state index contributed by atoms with van der Waals surface area (Å²) in [4.78, 5) is 12.9. The van der Waals surface area contributed by atoms with Crippen molar-refractivity contribution in [3.8, 4) is 0 Å². The highest BCUT2D eigenvalue weighted by Crippen LogP contribution is 2.22. The van der Waals surface area contributed by atoms with Gasteiger partial charge in [0.2, 0.25) is 0 Å². The molecule has 0 fully saturated rings. The summed E-state index contributed by atoms with van der Waals surface area (Å²) >= 11 is 4.68. The molecule has 0 saturated heterocycles. The minimum atomic E-state index is -0.690. The molecule has 0 aliphatic heterocycles. The smallest absolute Gasteiger partial charge is 0.327 e. The van der Waals surface area contributed by atoms with Crippen molar-refractivity contribution in [2.75, 3.05) is 7.11 Å². The molecule has 0 amide bonds. The van der Waals surface area contributed by atoms with E-state index in [0.717, 1.165) is 4.88 Å². The summed E-state index contributed by atoms with van der Waals surface area (Å²) < 4.78 is 18.7. The lowest BCUT2D eigenvalue weighted by atomic mass is 10.1. The summed E-state index contributed by atoms with van der Waals surface area (Å²) in [5.74, 6) is -0.849. The summed E-state index contributed by atoms with van der Waals surface area (Å²) in [6.45, 7) is 0.523. The van der Waals surface area contributed by atoms with Gasteiger partial charge in [-0.3, -0.25) is 5.32 Å². The Bertz CT molecular complexity index is 589. The number of esters is 1. The molecule has 0 bridgehead atoms. The van der Waals surface area contributed by atoms with Gasteiger partial charge in [0.1, 0.15) is 11.9 Å². The number of methoxy groups -OCH3 is 1. The minimum absolute atomic E-state index is 0.364. The fourth-order valence-corrected chi connectivity index (χ4v) is 2.67. The van der Waals surface area contributed by atoms with E-state index in [1.54, 1.807) is 23.5 Å². The summed E-state index contributed by atoms with van der Waals surface area (Å²) in [6, 6.07) is 7.81. The predicted octanol–water partition coefficient (Wildman–Crippen LogP) is 3.65. The van der Waals surface area contributed by atoms with Gasteiger partial charge >= 0.3 is 5.97 Å². The van der Waals surface area contributed by atoms with Gasteiger partial charge in [-0.25, -0.2) is 9.18 Å². The summed E-state index contributed by atoms with van der Waals surface area (Å²) in [6.07, 6.45) is 0. The number of carbonyl (C=O) groups excluding carboxylic acids is 1. The standard InChI is InChI=1S/C14H13BrFNO2S/c1-19-14(18)13(17-8-10-3-2-6-20-10)9-4-5-11(15)12(16)7-9/h2-7,13,17H,8H2,1H3. The number of thiophene rings is 1. The predicted molar refractivity (Wildman–Crippen MR) is 80.0 cm³/mol. The number of benzene rings is 1. The zero-order valence-corrected chi connectivity index (χ0v) is 13.1. The van der Waals surface area contributed by atoms with Gasteiger partial charge in [-0.05, 0) is 45.1 Å². The van der Waals surface area contributed by atoms with Crippen molar-refractivity contribution in [1.29, 1.82) is 0 Å². The van der Waals surface area contributed by atoms with E-state index in [9.17, 15) is 9.18 Å². The Morgan fingerprint density at radius 1 is 1.50 bits per heavy atom.